The summed E-state index contributed by atoms with van der Waals surface area (Å²) in [6, 6.07) is 13.8. The molecule has 0 fully saturated rings. The molecule has 19 heavy (non-hydrogen) atoms. The molecule has 2 atom stereocenters. The summed E-state index contributed by atoms with van der Waals surface area (Å²) in [5.41, 5.74) is 2.13. The van der Waals surface area contributed by atoms with Crippen LogP contribution >= 0.6 is 0 Å². The summed E-state index contributed by atoms with van der Waals surface area (Å²) in [5.74, 6) is 0. The number of hydrogen-bond donors (Lipinski definition) is 2. The van der Waals surface area contributed by atoms with Crippen LogP contribution in [0.1, 0.15) is 30.6 Å². The molecular weight excluding hydrogens is 236 g/mol. The third-order valence-corrected chi connectivity index (χ3v) is 3.28. The van der Waals surface area contributed by atoms with E-state index in [2.05, 4.69) is 17.2 Å². The Balaban J connectivity index is 1.97. The summed E-state index contributed by atoms with van der Waals surface area (Å²) >= 11 is 0. The van der Waals surface area contributed by atoms with Gasteiger partial charge in [0.2, 0.25) is 0 Å². The van der Waals surface area contributed by atoms with Crippen molar-refractivity contribution in [1.82, 2.24) is 10.3 Å². The van der Waals surface area contributed by atoms with Crippen LogP contribution in [0.5, 0.6) is 0 Å². The average molecular weight is 256 g/mol. The summed E-state index contributed by atoms with van der Waals surface area (Å²) in [6.45, 7) is 2.82. The second-order valence-electron chi connectivity index (χ2n) is 4.61. The van der Waals surface area contributed by atoms with Gasteiger partial charge < -0.3 is 10.4 Å². The molecule has 3 heteroatoms. The van der Waals surface area contributed by atoms with Crippen LogP contribution in [0.4, 0.5) is 0 Å². The van der Waals surface area contributed by atoms with Gasteiger partial charge in [0, 0.05) is 25.0 Å². The van der Waals surface area contributed by atoms with Crippen molar-refractivity contribution < 1.29 is 5.11 Å². The van der Waals surface area contributed by atoms with Crippen LogP contribution in [0.2, 0.25) is 0 Å². The molecule has 0 aliphatic rings. The first-order valence-corrected chi connectivity index (χ1v) is 6.66. The fourth-order valence-corrected chi connectivity index (χ4v) is 2.11. The zero-order chi connectivity index (χ0) is 13.5. The standard InChI is InChI=1S/C16H20N2O/c1-2-15(16(19)14-6-4-3-5-7-14)18-12-13-8-10-17-11-9-13/h3-11,15-16,18-19H,2,12H2,1H3. The lowest BCUT2D eigenvalue weighted by molar-refractivity contribution is 0.125. The molecule has 0 saturated carbocycles. The van der Waals surface area contributed by atoms with Gasteiger partial charge in [0.25, 0.3) is 0 Å². The van der Waals surface area contributed by atoms with Crippen molar-refractivity contribution in [2.24, 2.45) is 0 Å². The molecule has 2 unspecified atom stereocenters. The Kier molecular flexibility index (Phi) is 5.07. The molecular formula is C16H20N2O. The maximum absolute atomic E-state index is 10.4. The molecule has 2 rings (SSSR count). The Hall–Kier alpha value is -1.71. The molecule has 2 aromatic rings. The lowest BCUT2D eigenvalue weighted by atomic mass is 10.00. The second kappa shape index (κ2) is 7.02. The molecule has 0 aliphatic heterocycles. The number of benzene rings is 1. The van der Waals surface area contributed by atoms with Gasteiger partial charge in [-0.15, -0.1) is 0 Å². The number of nitrogens with zero attached hydrogens (tertiary/aromatic N) is 1. The Labute approximate surface area is 114 Å². The molecule has 1 aromatic heterocycles. The molecule has 1 aromatic carbocycles. The van der Waals surface area contributed by atoms with Crippen molar-refractivity contribution in [2.45, 2.75) is 32.0 Å². The van der Waals surface area contributed by atoms with E-state index < -0.39 is 6.10 Å². The molecule has 2 N–H and O–H groups in total. The van der Waals surface area contributed by atoms with Crippen LogP contribution in [0.3, 0.4) is 0 Å². The zero-order valence-electron chi connectivity index (χ0n) is 11.2. The van der Waals surface area contributed by atoms with E-state index in [9.17, 15) is 5.11 Å². The fraction of sp³-hybridized carbons (Fsp3) is 0.312. The first-order chi connectivity index (χ1) is 9.31. The fourth-order valence-electron chi connectivity index (χ4n) is 2.11. The average Bonchev–Trinajstić information content (AvgIpc) is 2.49. The number of aliphatic hydroxyl groups excluding tert-OH is 1. The first kappa shape index (κ1) is 13.7. The number of rotatable bonds is 6. The summed E-state index contributed by atoms with van der Waals surface area (Å²) < 4.78 is 0. The van der Waals surface area contributed by atoms with E-state index in [1.807, 2.05) is 42.5 Å². The molecule has 1 heterocycles. The van der Waals surface area contributed by atoms with Gasteiger partial charge in [-0.2, -0.15) is 0 Å². The summed E-state index contributed by atoms with van der Waals surface area (Å²) in [4.78, 5) is 4.00. The van der Waals surface area contributed by atoms with Gasteiger partial charge in [-0.1, -0.05) is 37.3 Å². The third-order valence-electron chi connectivity index (χ3n) is 3.28. The Morgan fingerprint density at radius 2 is 1.79 bits per heavy atom. The van der Waals surface area contributed by atoms with Crippen LogP contribution < -0.4 is 5.32 Å². The minimum Gasteiger partial charge on any atom is -0.387 e. The first-order valence-electron chi connectivity index (χ1n) is 6.66. The van der Waals surface area contributed by atoms with Gasteiger partial charge in [-0.05, 0) is 29.7 Å². The molecule has 0 bridgehead atoms. The smallest absolute Gasteiger partial charge is 0.0942 e. The van der Waals surface area contributed by atoms with Crippen LogP contribution in [0.15, 0.2) is 54.9 Å². The van der Waals surface area contributed by atoms with E-state index >= 15 is 0 Å². The van der Waals surface area contributed by atoms with E-state index in [1.54, 1.807) is 12.4 Å². The summed E-state index contributed by atoms with van der Waals surface area (Å²) in [5, 5.41) is 13.8. The van der Waals surface area contributed by atoms with E-state index in [4.69, 9.17) is 0 Å². The highest BCUT2D eigenvalue weighted by atomic mass is 16.3. The van der Waals surface area contributed by atoms with E-state index in [1.165, 1.54) is 5.56 Å². The van der Waals surface area contributed by atoms with Crippen LogP contribution in [0.25, 0.3) is 0 Å². The van der Waals surface area contributed by atoms with Crippen molar-refractivity contribution in [3.8, 4) is 0 Å². The number of nitrogens with one attached hydrogen (secondary N) is 1. The molecule has 0 radical (unpaired) electrons. The van der Waals surface area contributed by atoms with Crippen molar-refractivity contribution in [3.63, 3.8) is 0 Å². The normalized spacial score (nSPS) is 14.0. The van der Waals surface area contributed by atoms with Gasteiger partial charge in [0.05, 0.1) is 6.10 Å². The van der Waals surface area contributed by atoms with Crippen LogP contribution in [-0.4, -0.2) is 16.1 Å². The Morgan fingerprint density at radius 1 is 1.11 bits per heavy atom. The van der Waals surface area contributed by atoms with Crippen molar-refractivity contribution in [2.75, 3.05) is 0 Å². The maximum atomic E-state index is 10.4. The van der Waals surface area contributed by atoms with E-state index in [0.717, 1.165) is 18.5 Å². The largest absolute Gasteiger partial charge is 0.387 e. The number of aliphatic hydroxyl groups is 1. The molecule has 0 saturated heterocycles. The lowest BCUT2D eigenvalue weighted by Crippen LogP contribution is -2.34. The van der Waals surface area contributed by atoms with E-state index in [0.29, 0.717) is 0 Å². The van der Waals surface area contributed by atoms with Crippen LogP contribution in [-0.2, 0) is 6.54 Å². The minimum absolute atomic E-state index is 0.0514. The third kappa shape index (κ3) is 3.88. The SMILES string of the molecule is CCC(NCc1ccncc1)C(O)c1ccccc1. The number of aromatic nitrogens is 1. The van der Waals surface area contributed by atoms with Crippen molar-refractivity contribution in [3.05, 3.63) is 66.0 Å². The van der Waals surface area contributed by atoms with Gasteiger partial charge in [-0.25, -0.2) is 0 Å². The monoisotopic (exact) mass is 256 g/mol. The maximum Gasteiger partial charge on any atom is 0.0942 e. The highest BCUT2D eigenvalue weighted by molar-refractivity contribution is 5.19. The lowest BCUT2D eigenvalue weighted by Gasteiger charge is -2.23. The highest BCUT2D eigenvalue weighted by Gasteiger charge is 2.18. The Bertz CT molecular complexity index is 473. The van der Waals surface area contributed by atoms with Crippen LogP contribution in [0, 0.1) is 0 Å². The van der Waals surface area contributed by atoms with Gasteiger partial charge in [0.1, 0.15) is 0 Å². The summed E-state index contributed by atoms with van der Waals surface area (Å²) in [7, 11) is 0. The second-order valence-corrected chi connectivity index (χ2v) is 4.61. The quantitative estimate of drug-likeness (QED) is 0.835. The van der Waals surface area contributed by atoms with E-state index in [-0.39, 0.29) is 6.04 Å². The number of hydrogen-bond acceptors (Lipinski definition) is 3. The predicted molar refractivity (Wildman–Crippen MR) is 76.6 cm³/mol. The predicted octanol–water partition coefficient (Wildman–Crippen LogP) is 2.68. The van der Waals surface area contributed by atoms with Gasteiger partial charge >= 0.3 is 0 Å². The van der Waals surface area contributed by atoms with Gasteiger partial charge in [0.15, 0.2) is 0 Å². The summed E-state index contributed by atoms with van der Waals surface area (Å²) in [6.07, 6.45) is 3.96. The molecule has 3 nitrogen and oxygen atoms in total. The molecule has 0 aliphatic carbocycles. The Morgan fingerprint density at radius 3 is 2.42 bits per heavy atom. The van der Waals surface area contributed by atoms with Crippen molar-refractivity contribution >= 4 is 0 Å². The minimum atomic E-state index is -0.479. The molecule has 0 spiro atoms. The molecule has 0 amide bonds. The highest BCUT2D eigenvalue weighted by Crippen LogP contribution is 2.18. The van der Waals surface area contributed by atoms with Gasteiger partial charge in [-0.3, -0.25) is 4.98 Å². The number of pyridine rings is 1. The topological polar surface area (TPSA) is 45.2 Å². The molecule has 100 valence electrons. The van der Waals surface area contributed by atoms with Crippen molar-refractivity contribution in [1.29, 1.82) is 0 Å². The zero-order valence-corrected chi connectivity index (χ0v) is 11.2.